The number of anilines is 1. The summed E-state index contributed by atoms with van der Waals surface area (Å²) in [6, 6.07) is 7.94. The van der Waals surface area contributed by atoms with E-state index in [-0.39, 0.29) is 10.7 Å². The van der Waals surface area contributed by atoms with Crippen molar-refractivity contribution in [1.29, 1.82) is 0 Å². The third-order valence-electron chi connectivity index (χ3n) is 3.16. The number of methoxy groups -OCH3 is 1. The summed E-state index contributed by atoms with van der Waals surface area (Å²) in [6.45, 7) is 0. The van der Waals surface area contributed by atoms with E-state index < -0.39 is 17.6 Å². The first-order valence-electron chi connectivity index (χ1n) is 6.90. The minimum Gasteiger partial charge on any atom is -0.496 e. The average molecular weight is 435 g/mol. The highest BCUT2D eigenvalue weighted by Gasteiger charge is 2.31. The van der Waals surface area contributed by atoms with Crippen LogP contribution in [0.4, 0.5) is 18.9 Å². The molecule has 1 amide bonds. The molecule has 0 aromatic heterocycles. The van der Waals surface area contributed by atoms with Crippen LogP contribution in [0, 0.1) is 0 Å². The topological polar surface area (TPSA) is 38.3 Å². The number of benzene rings is 2. The Morgan fingerprint density at radius 3 is 2.60 bits per heavy atom. The molecule has 3 nitrogen and oxygen atoms in total. The normalized spacial score (nSPS) is 11.6. The Labute approximate surface area is 155 Å². The fourth-order valence-electron chi connectivity index (χ4n) is 1.97. The van der Waals surface area contributed by atoms with Gasteiger partial charge >= 0.3 is 6.18 Å². The van der Waals surface area contributed by atoms with Gasteiger partial charge in [0.25, 0.3) is 0 Å². The first-order valence-corrected chi connectivity index (χ1v) is 8.07. The Hall–Kier alpha value is -1.99. The molecule has 8 heteroatoms. The van der Waals surface area contributed by atoms with Gasteiger partial charge in [0, 0.05) is 16.1 Å². The molecule has 0 bridgehead atoms. The molecule has 0 saturated heterocycles. The minimum absolute atomic E-state index is 0.00906. The van der Waals surface area contributed by atoms with Gasteiger partial charge in [-0.05, 0) is 42.5 Å². The molecule has 0 aliphatic carbocycles. The van der Waals surface area contributed by atoms with Crippen LogP contribution in [0.25, 0.3) is 6.08 Å². The van der Waals surface area contributed by atoms with Crippen molar-refractivity contribution in [3.63, 3.8) is 0 Å². The lowest BCUT2D eigenvalue weighted by atomic mass is 10.1. The van der Waals surface area contributed by atoms with Gasteiger partial charge in [-0.1, -0.05) is 27.5 Å². The van der Waals surface area contributed by atoms with Gasteiger partial charge in [-0.3, -0.25) is 4.79 Å². The molecule has 0 unspecified atom stereocenters. The summed E-state index contributed by atoms with van der Waals surface area (Å²) in [5, 5.41) is 2.34. The molecule has 0 heterocycles. The monoisotopic (exact) mass is 433 g/mol. The van der Waals surface area contributed by atoms with E-state index in [2.05, 4.69) is 21.2 Å². The van der Waals surface area contributed by atoms with E-state index in [0.717, 1.165) is 22.7 Å². The molecule has 2 aromatic carbocycles. The fourth-order valence-corrected chi connectivity index (χ4v) is 2.52. The molecule has 0 atom stereocenters. The maximum atomic E-state index is 12.7. The smallest absolute Gasteiger partial charge is 0.416 e. The maximum Gasteiger partial charge on any atom is 0.416 e. The molecular weight excluding hydrogens is 423 g/mol. The van der Waals surface area contributed by atoms with E-state index in [1.165, 1.54) is 19.3 Å². The molecule has 2 aromatic rings. The molecule has 25 heavy (non-hydrogen) atoms. The number of amides is 1. The molecule has 0 spiro atoms. The number of carbonyl (C=O) groups is 1. The molecule has 1 N–H and O–H groups in total. The van der Waals surface area contributed by atoms with E-state index in [1.54, 1.807) is 18.2 Å². The van der Waals surface area contributed by atoms with Crippen LogP contribution in [0.1, 0.15) is 11.1 Å². The maximum absolute atomic E-state index is 12.7. The number of alkyl halides is 3. The molecule has 0 radical (unpaired) electrons. The third-order valence-corrected chi connectivity index (χ3v) is 3.98. The molecule has 0 saturated carbocycles. The van der Waals surface area contributed by atoms with Gasteiger partial charge in [0.1, 0.15) is 5.75 Å². The summed E-state index contributed by atoms with van der Waals surface area (Å²) in [6.07, 6.45) is -1.86. The minimum atomic E-state index is -4.52. The van der Waals surface area contributed by atoms with Crippen LogP contribution in [-0.4, -0.2) is 13.0 Å². The second-order valence-electron chi connectivity index (χ2n) is 4.90. The molecule has 0 fully saturated rings. The predicted molar refractivity (Wildman–Crippen MR) is 94.8 cm³/mol. The van der Waals surface area contributed by atoms with Crippen molar-refractivity contribution < 1.29 is 22.7 Å². The standard InChI is InChI=1S/C17H12BrClF3NO2/c1-25-15-6-4-12(18)8-10(15)2-7-16(24)23-14-9-11(17(20,21)22)3-5-13(14)19/h2-9H,1H3,(H,23,24)/b7-2-. The van der Waals surface area contributed by atoms with Crippen molar-refractivity contribution in [1.82, 2.24) is 0 Å². The zero-order valence-electron chi connectivity index (χ0n) is 12.8. The number of hydrogen-bond acceptors (Lipinski definition) is 2. The average Bonchev–Trinajstić information content (AvgIpc) is 2.54. The molecule has 0 aliphatic heterocycles. The van der Waals surface area contributed by atoms with Crippen LogP contribution in [0.15, 0.2) is 46.9 Å². The van der Waals surface area contributed by atoms with E-state index in [4.69, 9.17) is 16.3 Å². The van der Waals surface area contributed by atoms with E-state index in [1.807, 2.05) is 0 Å². The predicted octanol–water partition coefficient (Wildman–Crippen LogP) is 5.78. The third kappa shape index (κ3) is 5.24. The summed E-state index contributed by atoms with van der Waals surface area (Å²) >= 11 is 9.15. The highest BCUT2D eigenvalue weighted by molar-refractivity contribution is 9.10. The molecule has 132 valence electrons. The van der Waals surface area contributed by atoms with Crippen molar-refractivity contribution in [3.8, 4) is 5.75 Å². The Kier molecular flexibility index (Phi) is 6.13. The summed E-state index contributed by atoms with van der Waals surface area (Å²) < 4.78 is 44.2. The Morgan fingerprint density at radius 1 is 1.24 bits per heavy atom. The van der Waals surface area contributed by atoms with E-state index in [0.29, 0.717) is 11.3 Å². The first kappa shape index (κ1) is 19.3. The van der Waals surface area contributed by atoms with Crippen LogP contribution in [-0.2, 0) is 11.0 Å². The van der Waals surface area contributed by atoms with Crippen LogP contribution >= 0.6 is 27.5 Å². The van der Waals surface area contributed by atoms with E-state index >= 15 is 0 Å². The highest BCUT2D eigenvalue weighted by Crippen LogP contribution is 2.33. The molecular formula is C17H12BrClF3NO2. The zero-order valence-corrected chi connectivity index (χ0v) is 15.2. The lowest BCUT2D eigenvalue weighted by Crippen LogP contribution is -2.11. The number of halogens is 5. The van der Waals surface area contributed by atoms with Gasteiger partial charge in [-0.2, -0.15) is 13.2 Å². The number of hydrogen-bond donors (Lipinski definition) is 1. The lowest BCUT2D eigenvalue weighted by molar-refractivity contribution is -0.137. The van der Waals surface area contributed by atoms with Gasteiger partial charge in [-0.25, -0.2) is 0 Å². The number of ether oxygens (including phenoxy) is 1. The summed E-state index contributed by atoms with van der Waals surface area (Å²) in [5.41, 5.74) is -0.389. The number of carbonyl (C=O) groups excluding carboxylic acids is 1. The Morgan fingerprint density at radius 2 is 1.96 bits per heavy atom. The number of nitrogens with one attached hydrogen (secondary N) is 1. The number of rotatable bonds is 4. The van der Waals surface area contributed by atoms with Crippen molar-refractivity contribution in [2.45, 2.75) is 6.18 Å². The van der Waals surface area contributed by atoms with Crippen LogP contribution in [0.5, 0.6) is 5.75 Å². The second kappa shape index (κ2) is 7.93. The SMILES string of the molecule is COc1ccc(Br)cc1/C=C\C(=O)Nc1cc(C(F)(F)F)ccc1Cl. The van der Waals surface area contributed by atoms with Crippen molar-refractivity contribution in [2.24, 2.45) is 0 Å². The van der Waals surface area contributed by atoms with Gasteiger partial charge < -0.3 is 10.1 Å². The van der Waals surface area contributed by atoms with Crippen LogP contribution in [0.3, 0.4) is 0 Å². The Balaban J connectivity index is 2.19. The van der Waals surface area contributed by atoms with Crippen molar-refractivity contribution >= 4 is 45.2 Å². The molecule has 0 aliphatic rings. The summed E-state index contributed by atoms with van der Waals surface area (Å²) in [7, 11) is 1.49. The van der Waals surface area contributed by atoms with E-state index in [9.17, 15) is 18.0 Å². The quantitative estimate of drug-likeness (QED) is 0.619. The van der Waals surface area contributed by atoms with Gasteiger partial charge in [0.15, 0.2) is 0 Å². The van der Waals surface area contributed by atoms with Crippen molar-refractivity contribution in [2.75, 3.05) is 12.4 Å². The summed E-state index contributed by atoms with van der Waals surface area (Å²) in [5.74, 6) is -0.0763. The molecule has 2 rings (SSSR count). The highest BCUT2D eigenvalue weighted by atomic mass is 79.9. The van der Waals surface area contributed by atoms with Crippen molar-refractivity contribution in [3.05, 3.63) is 63.1 Å². The zero-order chi connectivity index (χ0) is 18.6. The van der Waals surface area contributed by atoms with Crippen LogP contribution in [0.2, 0.25) is 5.02 Å². The van der Waals surface area contributed by atoms with Gasteiger partial charge in [0.05, 0.1) is 23.4 Å². The lowest BCUT2D eigenvalue weighted by Gasteiger charge is -2.10. The largest absolute Gasteiger partial charge is 0.496 e. The fraction of sp³-hybridized carbons (Fsp3) is 0.118. The summed E-state index contributed by atoms with van der Waals surface area (Å²) in [4.78, 5) is 12.0. The van der Waals surface area contributed by atoms with Crippen LogP contribution < -0.4 is 10.1 Å². The Bertz CT molecular complexity index is 822. The first-order chi connectivity index (χ1) is 11.7. The van der Waals surface area contributed by atoms with Gasteiger partial charge in [0.2, 0.25) is 5.91 Å². The van der Waals surface area contributed by atoms with Gasteiger partial charge in [-0.15, -0.1) is 0 Å². The second-order valence-corrected chi connectivity index (χ2v) is 6.22.